The van der Waals surface area contributed by atoms with Gasteiger partial charge in [-0.25, -0.2) is 0 Å². The van der Waals surface area contributed by atoms with Crippen molar-refractivity contribution in [3.63, 3.8) is 0 Å². The summed E-state index contributed by atoms with van der Waals surface area (Å²) in [6.45, 7) is 2.43. The van der Waals surface area contributed by atoms with E-state index in [1.54, 1.807) is 7.05 Å². The van der Waals surface area contributed by atoms with Gasteiger partial charge in [0.25, 0.3) is 0 Å². The van der Waals surface area contributed by atoms with Gasteiger partial charge in [0.15, 0.2) is 0 Å². The first-order valence-corrected chi connectivity index (χ1v) is 7.72. The molecule has 0 saturated carbocycles. The number of amides is 3. The molecule has 0 bridgehead atoms. The quantitative estimate of drug-likeness (QED) is 0.393. The molecule has 10 heteroatoms. The van der Waals surface area contributed by atoms with Gasteiger partial charge in [-0.2, -0.15) is 0 Å². The Bertz CT molecular complexity index is 448. The third-order valence-corrected chi connectivity index (χ3v) is 3.14. The molecule has 0 rings (SSSR count). The van der Waals surface area contributed by atoms with Crippen LogP contribution in [0.1, 0.15) is 6.92 Å². The molecule has 0 aromatic rings. The Labute approximate surface area is 145 Å². The molecule has 0 aliphatic rings. The molecule has 0 aromatic heterocycles. The molecule has 0 atom stereocenters. The third kappa shape index (κ3) is 9.34. The first-order valence-electron chi connectivity index (χ1n) is 7.72. The zero-order chi connectivity index (χ0) is 18.5. The molecule has 130 valence electrons. The van der Waals surface area contributed by atoms with Crippen LogP contribution in [0.4, 0.5) is 0 Å². The predicted octanol–water partition coefficient (Wildman–Crippen LogP) is -2.26. The SMILES string of the molecule is [B]CC(=O)N(CCNC(=O)CN(CCNC)C(=O)C[B])CC(C)=O. The summed E-state index contributed by atoms with van der Waals surface area (Å²) in [7, 11) is 12.4. The molecule has 0 aliphatic heterocycles. The minimum atomic E-state index is -0.367. The van der Waals surface area contributed by atoms with Crippen molar-refractivity contribution < 1.29 is 19.2 Å². The second-order valence-corrected chi connectivity index (χ2v) is 5.19. The minimum Gasteiger partial charge on any atom is -0.353 e. The van der Waals surface area contributed by atoms with Gasteiger partial charge in [0.2, 0.25) is 17.7 Å². The number of rotatable bonds is 12. The van der Waals surface area contributed by atoms with E-state index < -0.39 is 0 Å². The van der Waals surface area contributed by atoms with Crippen molar-refractivity contribution >= 4 is 39.2 Å². The van der Waals surface area contributed by atoms with Crippen molar-refractivity contribution in [2.45, 2.75) is 19.6 Å². The number of nitrogens with zero attached hydrogens (tertiary/aromatic N) is 2. The Hall–Kier alpha value is -1.83. The van der Waals surface area contributed by atoms with Gasteiger partial charge < -0.3 is 20.4 Å². The van der Waals surface area contributed by atoms with Gasteiger partial charge in [0.05, 0.1) is 28.8 Å². The van der Waals surface area contributed by atoms with Gasteiger partial charge in [-0.15, -0.1) is 0 Å². The number of Topliss-reactive ketones (excluding diaryl/α,β-unsaturated/α-hetero) is 1. The fraction of sp³-hybridized carbons (Fsp3) is 0.714. The highest BCUT2D eigenvalue weighted by Crippen LogP contribution is 1.95. The van der Waals surface area contributed by atoms with E-state index in [1.165, 1.54) is 16.7 Å². The topological polar surface area (TPSA) is 98.8 Å². The lowest BCUT2D eigenvalue weighted by atomic mass is 10.0. The molecule has 0 heterocycles. The molecule has 0 spiro atoms. The van der Waals surface area contributed by atoms with Crippen LogP contribution in [-0.2, 0) is 19.2 Å². The summed E-state index contributed by atoms with van der Waals surface area (Å²) in [5, 5.41) is 5.50. The molecule has 0 aromatic carbocycles. The van der Waals surface area contributed by atoms with Gasteiger partial charge >= 0.3 is 0 Å². The molecule has 3 amide bonds. The molecule has 0 fully saturated rings. The monoisotopic (exact) mass is 334 g/mol. The van der Waals surface area contributed by atoms with Gasteiger partial charge in [-0.3, -0.25) is 19.2 Å². The molecular weight excluding hydrogens is 310 g/mol. The number of likely N-dealkylation sites (N-methyl/N-ethyl adjacent to an activating group) is 1. The lowest BCUT2D eigenvalue weighted by Gasteiger charge is -2.23. The maximum atomic E-state index is 11.9. The third-order valence-electron chi connectivity index (χ3n) is 3.14. The second-order valence-electron chi connectivity index (χ2n) is 5.19. The van der Waals surface area contributed by atoms with Gasteiger partial charge in [-0.05, 0) is 26.6 Å². The van der Waals surface area contributed by atoms with Crippen LogP contribution in [0, 0.1) is 0 Å². The molecule has 24 heavy (non-hydrogen) atoms. The minimum absolute atomic E-state index is 0.0497. The number of ketones is 1. The summed E-state index contributed by atoms with van der Waals surface area (Å²) in [5.41, 5.74) is 0. The van der Waals surface area contributed by atoms with E-state index in [0.717, 1.165) is 0 Å². The molecular formula is C14H24B2N4O4. The van der Waals surface area contributed by atoms with Crippen molar-refractivity contribution in [2.75, 3.05) is 46.3 Å². The standard InChI is InChI=1S/C14H24B2N4O4/c1-11(21)9-19(13(23)7-15)6-4-18-12(22)10-20(5-3-17-2)14(24)8-16/h17H,3-10H2,1-2H3,(H,18,22). The number of carbonyl (C=O) groups excluding carboxylic acids is 4. The summed E-state index contributed by atoms with van der Waals surface area (Å²) in [6, 6.07) is 0. The summed E-state index contributed by atoms with van der Waals surface area (Å²) in [5.74, 6) is -1.23. The van der Waals surface area contributed by atoms with Crippen LogP contribution < -0.4 is 10.6 Å². The lowest BCUT2D eigenvalue weighted by molar-refractivity contribution is -0.134. The highest BCUT2D eigenvalue weighted by atomic mass is 16.2. The average Bonchev–Trinajstić information content (AvgIpc) is 2.55. The Kier molecular flexibility index (Phi) is 11.6. The molecule has 2 N–H and O–H groups in total. The number of hydrogen-bond donors (Lipinski definition) is 2. The molecule has 4 radical (unpaired) electrons. The number of nitrogens with one attached hydrogen (secondary N) is 2. The fourth-order valence-corrected chi connectivity index (χ4v) is 1.92. The van der Waals surface area contributed by atoms with Gasteiger partial charge in [0, 0.05) is 26.2 Å². The molecule has 0 saturated heterocycles. The van der Waals surface area contributed by atoms with E-state index in [9.17, 15) is 19.2 Å². The van der Waals surface area contributed by atoms with E-state index >= 15 is 0 Å². The van der Waals surface area contributed by atoms with E-state index in [1.807, 2.05) is 0 Å². The average molecular weight is 334 g/mol. The fourth-order valence-electron chi connectivity index (χ4n) is 1.92. The van der Waals surface area contributed by atoms with E-state index in [0.29, 0.717) is 13.1 Å². The molecule has 0 aliphatic carbocycles. The molecule has 0 unspecified atom stereocenters. The van der Waals surface area contributed by atoms with E-state index in [-0.39, 0.29) is 62.3 Å². The van der Waals surface area contributed by atoms with Crippen LogP contribution in [0.15, 0.2) is 0 Å². The van der Waals surface area contributed by atoms with Gasteiger partial charge in [0.1, 0.15) is 5.78 Å². The summed E-state index contributed by atoms with van der Waals surface area (Å²) in [4.78, 5) is 49.0. The van der Waals surface area contributed by atoms with Crippen LogP contribution in [0.3, 0.4) is 0 Å². The van der Waals surface area contributed by atoms with Crippen LogP contribution >= 0.6 is 0 Å². The lowest BCUT2D eigenvalue weighted by Crippen LogP contribution is -2.45. The highest BCUT2D eigenvalue weighted by molar-refractivity contribution is 6.20. The van der Waals surface area contributed by atoms with Gasteiger partial charge in [-0.1, -0.05) is 0 Å². The van der Waals surface area contributed by atoms with Crippen molar-refractivity contribution in [1.82, 2.24) is 20.4 Å². The maximum absolute atomic E-state index is 11.9. The Morgan fingerprint density at radius 2 is 1.38 bits per heavy atom. The van der Waals surface area contributed by atoms with Crippen molar-refractivity contribution in [2.24, 2.45) is 0 Å². The summed E-state index contributed by atoms with van der Waals surface area (Å²) in [6.07, 6.45) is -0.377. The number of hydrogen-bond acceptors (Lipinski definition) is 5. The van der Waals surface area contributed by atoms with Crippen molar-refractivity contribution in [1.29, 1.82) is 0 Å². The van der Waals surface area contributed by atoms with E-state index in [4.69, 9.17) is 15.7 Å². The van der Waals surface area contributed by atoms with Crippen LogP contribution in [0.2, 0.25) is 12.6 Å². The summed E-state index contributed by atoms with van der Waals surface area (Å²) >= 11 is 0. The Balaban J connectivity index is 4.40. The molecule has 8 nitrogen and oxygen atoms in total. The van der Waals surface area contributed by atoms with Crippen LogP contribution in [0.5, 0.6) is 0 Å². The highest BCUT2D eigenvalue weighted by Gasteiger charge is 2.16. The Morgan fingerprint density at radius 3 is 1.83 bits per heavy atom. The summed E-state index contributed by atoms with van der Waals surface area (Å²) < 4.78 is 0. The zero-order valence-corrected chi connectivity index (χ0v) is 14.3. The van der Waals surface area contributed by atoms with Crippen molar-refractivity contribution in [3.05, 3.63) is 0 Å². The van der Waals surface area contributed by atoms with Crippen molar-refractivity contribution in [3.8, 4) is 0 Å². The van der Waals surface area contributed by atoms with Crippen LogP contribution in [0.25, 0.3) is 0 Å². The first-order chi connectivity index (χ1) is 11.3. The largest absolute Gasteiger partial charge is 0.353 e. The maximum Gasteiger partial charge on any atom is 0.239 e. The van der Waals surface area contributed by atoms with Crippen LogP contribution in [-0.4, -0.2) is 95.3 Å². The second kappa shape index (κ2) is 12.6. The normalized spacial score (nSPS) is 10.1. The van der Waals surface area contributed by atoms with E-state index in [2.05, 4.69) is 10.6 Å². The predicted molar refractivity (Wildman–Crippen MR) is 91.9 cm³/mol. The zero-order valence-electron chi connectivity index (χ0n) is 14.3. The first kappa shape index (κ1) is 22.2. The Morgan fingerprint density at radius 1 is 0.875 bits per heavy atom. The smallest absolute Gasteiger partial charge is 0.239 e. The number of carbonyl (C=O) groups is 4.